The van der Waals surface area contributed by atoms with Gasteiger partial charge in [0.05, 0.1) is 23.7 Å². The molecular formula is C14H16N4O. The minimum Gasteiger partial charge on any atom is -0.390 e. The first-order valence-electron chi connectivity index (χ1n) is 6.31. The highest BCUT2D eigenvalue weighted by atomic mass is 16.3. The predicted molar refractivity (Wildman–Crippen MR) is 74.7 cm³/mol. The van der Waals surface area contributed by atoms with Gasteiger partial charge in [0.25, 0.3) is 0 Å². The summed E-state index contributed by atoms with van der Waals surface area (Å²) in [5.41, 5.74) is 2.93. The van der Waals surface area contributed by atoms with Crippen LogP contribution in [0.25, 0.3) is 0 Å². The van der Waals surface area contributed by atoms with Gasteiger partial charge in [-0.15, -0.1) is 5.10 Å². The van der Waals surface area contributed by atoms with Crippen molar-refractivity contribution in [2.24, 2.45) is 0 Å². The average molecular weight is 256 g/mol. The number of aromatic nitrogens is 2. The van der Waals surface area contributed by atoms with E-state index in [9.17, 15) is 0 Å². The molecule has 1 aliphatic rings. The molecule has 2 heterocycles. The Balaban J connectivity index is 1.99. The van der Waals surface area contributed by atoms with E-state index >= 15 is 0 Å². The van der Waals surface area contributed by atoms with Gasteiger partial charge in [0.1, 0.15) is 0 Å². The SMILES string of the molecule is CN1CCN(c2ccc(CO)nn2)c2ccccc21. The number of hydrogen-bond acceptors (Lipinski definition) is 5. The molecule has 3 rings (SSSR count). The van der Waals surface area contributed by atoms with E-state index in [2.05, 4.69) is 39.2 Å². The van der Waals surface area contributed by atoms with E-state index in [0.29, 0.717) is 5.69 Å². The van der Waals surface area contributed by atoms with Crippen molar-refractivity contribution in [2.75, 3.05) is 29.9 Å². The monoisotopic (exact) mass is 256 g/mol. The summed E-state index contributed by atoms with van der Waals surface area (Å²) in [6, 6.07) is 12.0. The minimum absolute atomic E-state index is 0.0768. The molecule has 2 aromatic rings. The van der Waals surface area contributed by atoms with Crippen LogP contribution in [0.1, 0.15) is 5.69 Å². The van der Waals surface area contributed by atoms with Crippen molar-refractivity contribution >= 4 is 17.2 Å². The van der Waals surface area contributed by atoms with Crippen molar-refractivity contribution in [3.05, 3.63) is 42.1 Å². The van der Waals surface area contributed by atoms with Crippen molar-refractivity contribution < 1.29 is 5.11 Å². The predicted octanol–water partition coefficient (Wildman–Crippen LogP) is 1.56. The van der Waals surface area contributed by atoms with Crippen LogP contribution in [0.4, 0.5) is 17.2 Å². The molecule has 0 unspecified atom stereocenters. The average Bonchev–Trinajstić information content (AvgIpc) is 2.48. The molecule has 0 atom stereocenters. The number of benzene rings is 1. The summed E-state index contributed by atoms with van der Waals surface area (Å²) in [4.78, 5) is 4.39. The summed E-state index contributed by atoms with van der Waals surface area (Å²) in [6.07, 6.45) is 0. The number of nitrogens with zero attached hydrogens (tertiary/aromatic N) is 4. The van der Waals surface area contributed by atoms with E-state index in [0.717, 1.165) is 24.6 Å². The number of likely N-dealkylation sites (N-methyl/N-ethyl adjacent to an activating group) is 1. The zero-order chi connectivity index (χ0) is 13.2. The van der Waals surface area contributed by atoms with Crippen LogP contribution in [-0.4, -0.2) is 35.4 Å². The van der Waals surface area contributed by atoms with Gasteiger partial charge in [-0.2, -0.15) is 5.10 Å². The summed E-state index contributed by atoms with van der Waals surface area (Å²) in [5.74, 6) is 0.817. The molecular weight excluding hydrogens is 240 g/mol. The molecule has 0 spiro atoms. The molecule has 1 N–H and O–H groups in total. The van der Waals surface area contributed by atoms with Crippen LogP contribution in [-0.2, 0) is 6.61 Å². The van der Waals surface area contributed by atoms with Crippen LogP contribution in [0.15, 0.2) is 36.4 Å². The molecule has 1 aromatic carbocycles. The van der Waals surface area contributed by atoms with Crippen LogP contribution in [0.2, 0.25) is 0 Å². The van der Waals surface area contributed by atoms with Crippen LogP contribution in [0.3, 0.4) is 0 Å². The number of para-hydroxylation sites is 2. The van der Waals surface area contributed by atoms with Crippen molar-refractivity contribution in [2.45, 2.75) is 6.61 Å². The molecule has 5 nitrogen and oxygen atoms in total. The Labute approximate surface area is 112 Å². The van der Waals surface area contributed by atoms with E-state index in [4.69, 9.17) is 5.11 Å². The van der Waals surface area contributed by atoms with Crippen LogP contribution in [0.5, 0.6) is 0 Å². The molecule has 0 saturated heterocycles. The van der Waals surface area contributed by atoms with Crippen LogP contribution >= 0.6 is 0 Å². The maximum absolute atomic E-state index is 9.01. The number of aliphatic hydroxyl groups excluding tert-OH is 1. The number of hydrogen-bond donors (Lipinski definition) is 1. The normalized spacial score (nSPS) is 14.4. The standard InChI is InChI=1S/C14H16N4O/c1-17-8-9-18(13-5-3-2-4-12(13)17)14-7-6-11(10-19)15-16-14/h2-7,19H,8-10H2,1H3. The molecule has 0 amide bonds. The Morgan fingerprint density at radius 1 is 1.05 bits per heavy atom. The van der Waals surface area contributed by atoms with E-state index in [1.165, 1.54) is 5.69 Å². The number of aliphatic hydroxyl groups is 1. The third-order valence-electron chi connectivity index (χ3n) is 3.39. The van der Waals surface area contributed by atoms with Crippen molar-refractivity contribution in [3.63, 3.8) is 0 Å². The molecule has 0 fully saturated rings. The molecule has 0 aliphatic carbocycles. The first-order chi connectivity index (χ1) is 9.29. The maximum atomic E-state index is 9.01. The zero-order valence-electron chi connectivity index (χ0n) is 10.8. The Morgan fingerprint density at radius 2 is 1.84 bits per heavy atom. The lowest BCUT2D eigenvalue weighted by Crippen LogP contribution is -2.36. The zero-order valence-corrected chi connectivity index (χ0v) is 10.8. The smallest absolute Gasteiger partial charge is 0.155 e. The second-order valence-electron chi connectivity index (χ2n) is 4.60. The first kappa shape index (κ1) is 11.9. The van der Waals surface area contributed by atoms with Crippen LogP contribution in [0, 0.1) is 0 Å². The van der Waals surface area contributed by atoms with Crippen molar-refractivity contribution in [1.29, 1.82) is 0 Å². The summed E-state index contributed by atoms with van der Waals surface area (Å²) in [7, 11) is 2.09. The number of fused-ring (bicyclic) bond motifs is 1. The van der Waals surface area contributed by atoms with Gasteiger partial charge in [0.2, 0.25) is 0 Å². The maximum Gasteiger partial charge on any atom is 0.155 e. The second-order valence-corrected chi connectivity index (χ2v) is 4.60. The Kier molecular flexibility index (Phi) is 3.05. The third kappa shape index (κ3) is 2.13. The molecule has 5 heteroatoms. The molecule has 1 aliphatic heterocycles. The quantitative estimate of drug-likeness (QED) is 0.883. The third-order valence-corrected chi connectivity index (χ3v) is 3.39. The number of rotatable bonds is 2. The lowest BCUT2D eigenvalue weighted by Gasteiger charge is -2.36. The molecule has 98 valence electrons. The molecule has 0 radical (unpaired) electrons. The van der Waals surface area contributed by atoms with Gasteiger partial charge in [-0.1, -0.05) is 12.1 Å². The Morgan fingerprint density at radius 3 is 2.53 bits per heavy atom. The van der Waals surface area contributed by atoms with E-state index in [-0.39, 0.29) is 6.61 Å². The van der Waals surface area contributed by atoms with Gasteiger partial charge >= 0.3 is 0 Å². The highest BCUT2D eigenvalue weighted by Gasteiger charge is 2.21. The first-order valence-corrected chi connectivity index (χ1v) is 6.31. The molecule has 0 bridgehead atoms. The van der Waals surface area contributed by atoms with E-state index < -0.39 is 0 Å². The lowest BCUT2D eigenvalue weighted by atomic mass is 10.1. The molecule has 1 aromatic heterocycles. The molecule has 19 heavy (non-hydrogen) atoms. The van der Waals surface area contributed by atoms with Crippen molar-refractivity contribution in [1.82, 2.24) is 10.2 Å². The fraction of sp³-hybridized carbons (Fsp3) is 0.286. The van der Waals surface area contributed by atoms with Crippen molar-refractivity contribution in [3.8, 4) is 0 Å². The van der Waals surface area contributed by atoms with Gasteiger partial charge in [-0.25, -0.2) is 0 Å². The summed E-state index contributed by atoms with van der Waals surface area (Å²) < 4.78 is 0. The van der Waals surface area contributed by atoms with Gasteiger partial charge in [0, 0.05) is 20.1 Å². The highest BCUT2D eigenvalue weighted by molar-refractivity contribution is 5.77. The fourth-order valence-electron chi connectivity index (χ4n) is 2.33. The fourth-order valence-corrected chi connectivity index (χ4v) is 2.33. The Hall–Kier alpha value is -2.14. The summed E-state index contributed by atoms with van der Waals surface area (Å²) in [6.45, 7) is 1.74. The van der Waals surface area contributed by atoms with E-state index in [1.54, 1.807) is 0 Å². The van der Waals surface area contributed by atoms with Gasteiger partial charge < -0.3 is 14.9 Å². The summed E-state index contributed by atoms with van der Waals surface area (Å²) >= 11 is 0. The van der Waals surface area contributed by atoms with Gasteiger partial charge in [-0.05, 0) is 24.3 Å². The topological polar surface area (TPSA) is 52.5 Å². The number of anilines is 3. The van der Waals surface area contributed by atoms with Gasteiger partial charge in [0.15, 0.2) is 5.82 Å². The minimum atomic E-state index is -0.0768. The highest BCUT2D eigenvalue weighted by Crippen LogP contribution is 2.35. The van der Waals surface area contributed by atoms with Crippen LogP contribution < -0.4 is 9.80 Å². The second kappa shape index (κ2) is 4.85. The molecule has 0 saturated carbocycles. The van der Waals surface area contributed by atoms with E-state index in [1.807, 2.05) is 24.3 Å². The van der Waals surface area contributed by atoms with Gasteiger partial charge in [-0.3, -0.25) is 0 Å². The largest absolute Gasteiger partial charge is 0.390 e. The Bertz CT molecular complexity index is 570. The summed E-state index contributed by atoms with van der Waals surface area (Å²) in [5, 5.41) is 17.2. The lowest BCUT2D eigenvalue weighted by molar-refractivity contribution is 0.275.